The highest BCUT2D eigenvalue weighted by Crippen LogP contribution is 2.28. The number of ether oxygens (including phenoxy) is 3. The maximum absolute atomic E-state index is 11.9. The summed E-state index contributed by atoms with van der Waals surface area (Å²) >= 11 is 2.52. The van der Waals surface area contributed by atoms with Crippen LogP contribution in [0.3, 0.4) is 0 Å². The van der Waals surface area contributed by atoms with Crippen LogP contribution in [0.1, 0.15) is 27.7 Å². The number of halogens is 1. The van der Waals surface area contributed by atoms with Crippen LogP contribution in [0.4, 0.5) is 0 Å². The molecule has 0 fully saturated rings. The summed E-state index contributed by atoms with van der Waals surface area (Å²) in [4.78, 5) is 57.1. The van der Waals surface area contributed by atoms with Crippen molar-refractivity contribution >= 4 is 46.2 Å². The number of aldehydes is 1. The third kappa shape index (κ3) is 6.52. The number of carbonyl (C=O) groups is 5. The molecule has 0 spiro atoms. The van der Waals surface area contributed by atoms with Crippen LogP contribution in [0.15, 0.2) is 0 Å². The first-order valence-corrected chi connectivity index (χ1v) is 7.59. The second-order valence-corrected chi connectivity index (χ2v) is 5.34. The summed E-state index contributed by atoms with van der Waals surface area (Å²) < 4.78 is 19.2. The van der Waals surface area contributed by atoms with E-state index in [0.717, 1.165) is 27.7 Å². The highest BCUT2D eigenvalue weighted by atomic mass is 79.9. The maximum Gasteiger partial charge on any atom is 0.303 e. The first-order chi connectivity index (χ1) is 11.5. The lowest BCUT2D eigenvalue weighted by Crippen LogP contribution is -2.61. The molecule has 0 aliphatic rings. The van der Waals surface area contributed by atoms with Gasteiger partial charge in [0.05, 0.1) is 0 Å². The molecule has 0 unspecified atom stereocenters. The molecule has 0 aliphatic heterocycles. The largest absolute Gasteiger partial charge is 0.463 e. The van der Waals surface area contributed by atoms with Crippen molar-refractivity contribution in [2.45, 2.75) is 51.6 Å². The van der Waals surface area contributed by atoms with E-state index < -0.39 is 54.2 Å². The molecular weight excluding hydrogens is 408 g/mol. The van der Waals surface area contributed by atoms with E-state index in [9.17, 15) is 29.1 Å². The third-order valence-electron chi connectivity index (χ3n) is 3.01. The second-order valence-electron chi connectivity index (χ2n) is 5.02. The maximum atomic E-state index is 11.9. The lowest BCUT2D eigenvalue weighted by Gasteiger charge is -2.37. The van der Waals surface area contributed by atoms with Crippen LogP contribution in [-0.4, -0.2) is 65.6 Å². The lowest BCUT2D eigenvalue weighted by molar-refractivity contribution is -0.198. The Balaban J connectivity index is 6.02. The van der Waals surface area contributed by atoms with Crippen molar-refractivity contribution in [3.63, 3.8) is 0 Å². The van der Waals surface area contributed by atoms with E-state index in [1.165, 1.54) is 0 Å². The van der Waals surface area contributed by atoms with Gasteiger partial charge in [0, 0.05) is 20.8 Å². The number of aliphatic hydroxyl groups is 1. The van der Waals surface area contributed by atoms with Gasteiger partial charge in [-0.3, -0.25) is 27.8 Å². The average molecular weight is 427 g/mol. The fourth-order valence-corrected chi connectivity index (χ4v) is 2.36. The Morgan fingerprint density at radius 1 is 1.04 bits per heavy atom. The standard InChI is InChI=1S/C14H19BrO10/c1-7(17)14(6-16,25-15)13(24-10(4)20)12(23-9(3)19)11(21)5-22-8(2)18/h6,11-13,21H,5H2,1-4H3/t11-,12-,13+,14+/m1/s1. The molecule has 11 heteroatoms. The van der Waals surface area contributed by atoms with E-state index in [-0.39, 0.29) is 6.29 Å². The molecule has 0 aromatic rings. The van der Waals surface area contributed by atoms with Crippen LogP contribution in [0.2, 0.25) is 0 Å². The molecule has 0 aromatic carbocycles. The molecule has 0 saturated heterocycles. The van der Waals surface area contributed by atoms with Crippen molar-refractivity contribution < 1.29 is 47.1 Å². The molecule has 0 bridgehead atoms. The van der Waals surface area contributed by atoms with E-state index in [2.05, 4.69) is 21.0 Å². The van der Waals surface area contributed by atoms with Gasteiger partial charge in [-0.15, -0.1) is 0 Å². The van der Waals surface area contributed by atoms with Gasteiger partial charge in [0.15, 0.2) is 24.3 Å². The number of carbonyl (C=O) groups excluding carboxylic acids is 5. The predicted octanol–water partition coefficient (Wildman–Crippen LogP) is -0.373. The zero-order valence-electron chi connectivity index (χ0n) is 14.0. The lowest BCUT2D eigenvalue weighted by atomic mass is 9.88. The fourth-order valence-electron chi connectivity index (χ4n) is 1.88. The van der Waals surface area contributed by atoms with Gasteiger partial charge in [0.2, 0.25) is 5.60 Å². The molecular formula is C14H19BrO10. The number of rotatable bonds is 10. The minimum atomic E-state index is -2.41. The minimum Gasteiger partial charge on any atom is -0.463 e. The Kier molecular flexibility index (Phi) is 9.46. The summed E-state index contributed by atoms with van der Waals surface area (Å²) in [6.07, 6.45) is -5.29. The van der Waals surface area contributed by atoms with E-state index in [1.54, 1.807) is 0 Å². The number of ketones is 1. The summed E-state index contributed by atoms with van der Waals surface area (Å²) in [5.41, 5.74) is -2.41. The number of hydrogen-bond donors (Lipinski definition) is 1. The quantitative estimate of drug-likeness (QED) is 0.212. The van der Waals surface area contributed by atoms with Gasteiger partial charge in [-0.05, 0) is 6.92 Å². The van der Waals surface area contributed by atoms with Gasteiger partial charge in [-0.2, -0.15) is 0 Å². The van der Waals surface area contributed by atoms with E-state index >= 15 is 0 Å². The second kappa shape index (κ2) is 10.2. The van der Waals surface area contributed by atoms with Crippen LogP contribution in [0.5, 0.6) is 0 Å². The zero-order valence-corrected chi connectivity index (χ0v) is 15.6. The predicted molar refractivity (Wildman–Crippen MR) is 83.2 cm³/mol. The number of aliphatic hydroxyl groups excluding tert-OH is 1. The summed E-state index contributed by atoms with van der Waals surface area (Å²) in [6.45, 7) is 3.35. The molecule has 4 atom stereocenters. The smallest absolute Gasteiger partial charge is 0.303 e. The van der Waals surface area contributed by atoms with Gasteiger partial charge >= 0.3 is 17.9 Å². The van der Waals surface area contributed by atoms with Crippen molar-refractivity contribution in [3.8, 4) is 0 Å². The van der Waals surface area contributed by atoms with Gasteiger partial charge < -0.3 is 19.3 Å². The van der Waals surface area contributed by atoms with Crippen molar-refractivity contribution in [2.24, 2.45) is 0 Å². The topological polar surface area (TPSA) is 143 Å². The molecule has 0 aliphatic carbocycles. The SMILES string of the molecule is CC(=O)OC[C@@H](O)[C@@H](OC(C)=O)[C@H](OC(C)=O)[C@@](C=O)(OBr)C(C)=O. The number of esters is 3. The highest BCUT2D eigenvalue weighted by Gasteiger charge is 2.54. The molecule has 0 radical (unpaired) electrons. The van der Waals surface area contributed by atoms with Crippen LogP contribution in [-0.2, 0) is 42.0 Å². The Hall–Kier alpha value is -1.85. The van der Waals surface area contributed by atoms with E-state index in [0.29, 0.717) is 0 Å². The fraction of sp³-hybridized carbons (Fsp3) is 0.643. The van der Waals surface area contributed by atoms with Crippen molar-refractivity contribution in [1.29, 1.82) is 0 Å². The van der Waals surface area contributed by atoms with Crippen LogP contribution >= 0.6 is 16.3 Å². The minimum absolute atomic E-state index is 0.0345. The Labute approximate surface area is 152 Å². The molecule has 0 saturated carbocycles. The monoisotopic (exact) mass is 426 g/mol. The van der Waals surface area contributed by atoms with E-state index in [4.69, 9.17) is 13.3 Å². The van der Waals surface area contributed by atoms with Crippen molar-refractivity contribution in [2.75, 3.05) is 6.61 Å². The van der Waals surface area contributed by atoms with Gasteiger partial charge in [0.1, 0.15) is 29.0 Å². The third-order valence-corrected chi connectivity index (χ3v) is 3.54. The summed E-state index contributed by atoms with van der Waals surface area (Å²) in [6, 6.07) is 0. The normalized spacial score (nSPS) is 16.6. The van der Waals surface area contributed by atoms with Crippen LogP contribution < -0.4 is 0 Å². The van der Waals surface area contributed by atoms with E-state index in [1.807, 2.05) is 0 Å². The molecule has 0 heterocycles. The Bertz CT molecular complexity index is 534. The molecule has 25 heavy (non-hydrogen) atoms. The molecule has 142 valence electrons. The zero-order chi connectivity index (χ0) is 19.8. The van der Waals surface area contributed by atoms with Gasteiger partial charge in [0.25, 0.3) is 0 Å². The van der Waals surface area contributed by atoms with Crippen LogP contribution in [0.25, 0.3) is 0 Å². The highest BCUT2D eigenvalue weighted by molar-refractivity contribution is 9.06. The molecule has 1 N–H and O–H groups in total. The van der Waals surface area contributed by atoms with Crippen molar-refractivity contribution in [3.05, 3.63) is 0 Å². The molecule has 0 aromatic heterocycles. The van der Waals surface area contributed by atoms with Gasteiger partial charge in [-0.25, -0.2) is 0 Å². The summed E-state index contributed by atoms with van der Waals surface area (Å²) in [5, 5.41) is 10.2. The first-order valence-electron chi connectivity index (χ1n) is 6.94. The van der Waals surface area contributed by atoms with Crippen molar-refractivity contribution in [1.82, 2.24) is 0 Å². The Morgan fingerprint density at radius 2 is 1.56 bits per heavy atom. The molecule has 0 rings (SSSR count). The summed E-state index contributed by atoms with van der Waals surface area (Å²) in [5.74, 6) is -3.50. The average Bonchev–Trinajstić information content (AvgIpc) is 2.50. The number of hydrogen-bond acceptors (Lipinski definition) is 10. The summed E-state index contributed by atoms with van der Waals surface area (Å²) in [7, 11) is 0. The molecule has 0 amide bonds. The Morgan fingerprint density at radius 3 is 1.88 bits per heavy atom. The van der Waals surface area contributed by atoms with Gasteiger partial charge in [-0.1, -0.05) is 0 Å². The first kappa shape index (κ1) is 23.1. The molecule has 10 nitrogen and oxygen atoms in total. The van der Waals surface area contributed by atoms with Crippen LogP contribution in [0, 0.1) is 0 Å². The number of Topliss-reactive ketones (excluding diaryl/α,β-unsaturated/α-hetero) is 1.